The van der Waals surface area contributed by atoms with Crippen molar-refractivity contribution in [3.8, 4) is 17.3 Å². The Bertz CT molecular complexity index is 731. The third kappa shape index (κ3) is 4.01. The Kier molecular flexibility index (Phi) is 5.10. The van der Waals surface area contributed by atoms with Crippen LogP contribution in [0.25, 0.3) is 5.69 Å². The zero-order chi connectivity index (χ0) is 15.9. The maximum atomic E-state index is 5.67. The van der Waals surface area contributed by atoms with Crippen LogP contribution in [-0.4, -0.2) is 39.2 Å². The minimum atomic E-state index is 0.576. The molecule has 0 spiro atoms. The number of benzene rings is 1. The minimum absolute atomic E-state index is 0.576. The summed E-state index contributed by atoms with van der Waals surface area (Å²) in [6.45, 7) is 0.600. The van der Waals surface area contributed by atoms with Crippen molar-refractivity contribution < 1.29 is 9.47 Å². The Hall–Kier alpha value is -2.54. The zero-order valence-corrected chi connectivity index (χ0v) is 13.4. The molecule has 0 radical (unpaired) electrons. The molecule has 0 fully saturated rings. The van der Waals surface area contributed by atoms with Gasteiger partial charge in [0.2, 0.25) is 5.88 Å². The van der Waals surface area contributed by atoms with Gasteiger partial charge in [0.05, 0.1) is 25.6 Å². The second kappa shape index (κ2) is 7.64. The second-order valence-electron chi connectivity index (χ2n) is 4.55. The van der Waals surface area contributed by atoms with Crippen LogP contribution in [0, 0.1) is 0 Å². The largest absolute Gasteiger partial charge is 0.493 e. The number of nitrogens with zero attached hydrogens (tertiary/aromatic N) is 4. The molecule has 1 aromatic carbocycles. The van der Waals surface area contributed by atoms with Gasteiger partial charge >= 0.3 is 0 Å². The Balaban J connectivity index is 1.57. The summed E-state index contributed by atoms with van der Waals surface area (Å²) in [6, 6.07) is 13.5. The van der Waals surface area contributed by atoms with Crippen molar-refractivity contribution in [2.75, 3.05) is 19.5 Å². The number of rotatable bonds is 7. The van der Waals surface area contributed by atoms with Crippen molar-refractivity contribution in [2.24, 2.45) is 0 Å². The van der Waals surface area contributed by atoms with Crippen molar-refractivity contribution in [2.45, 2.75) is 5.16 Å². The molecule has 0 N–H and O–H groups in total. The predicted octanol–water partition coefficient (Wildman–Crippen LogP) is 2.84. The maximum absolute atomic E-state index is 5.67. The topological polar surface area (TPSA) is 62.1 Å². The summed E-state index contributed by atoms with van der Waals surface area (Å²) in [5.41, 5.74) is 0.891. The number of pyridine rings is 1. The van der Waals surface area contributed by atoms with E-state index in [0.29, 0.717) is 12.5 Å². The summed E-state index contributed by atoms with van der Waals surface area (Å²) in [4.78, 5) is 4.20. The highest BCUT2D eigenvalue weighted by molar-refractivity contribution is 7.99. The van der Waals surface area contributed by atoms with Gasteiger partial charge in [-0.2, -0.15) is 0 Å². The van der Waals surface area contributed by atoms with Crippen LogP contribution in [0.4, 0.5) is 0 Å². The molecule has 0 saturated heterocycles. The van der Waals surface area contributed by atoms with Gasteiger partial charge in [0.1, 0.15) is 12.1 Å². The Morgan fingerprint density at radius 1 is 1.13 bits per heavy atom. The number of hydrogen-bond acceptors (Lipinski definition) is 6. The summed E-state index contributed by atoms with van der Waals surface area (Å²) >= 11 is 1.58. The SMILES string of the molecule is COc1ccc(-n2cnnc2SCCOc2ccccc2)cn1. The number of thioether (sulfide) groups is 1. The summed E-state index contributed by atoms with van der Waals surface area (Å²) in [5, 5.41) is 8.91. The summed E-state index contributed by atoms with van der Waals surface area (Å²) in [7, 11) is 1.59. The van der Waals surface area contributed by atoms with Crippen molar-refractivity contribution in [3.05, 3.63) is 55.0 Å². The molecule has 23 heavy (non-hydrogen) atoms. The van der Waals surface area contributed by atoms with E-state index in [2.05, 4.69) is 15.2 Å². The van der Waals surface area contributed by atoms with Gasteiger partial charge in [-0.3, -0.25) is 4.57 Å². The van der Waals surface area contributed by atoms with Crippen LogP contribution >= 0.6 is 11.8 Å². The van der Waals surface area contributed by atoms with Gasteiger partial charge < -0.3 is 9.47 Å². The first-order valence-corrected chi connectivity index (χ1v) is 8.06. The number of hydrogen-bond donors (Lipinski definition) is 0. The normalized spacial score (nSPS) is 10.5. The smallest absolute Gasteiger partial charge is 0.213 e. The van der Waals surface area contributed by atoms with Crippen molar-refractivity contribution in [1.82, 2.24) is 19.7 Å². The minimum Gasteiger partial charge on any atom is -0.493 e. The Labute approximate surface area is 138 Å². The molecule has 118 valence electrons. The van der Waals surface area contributed by atoms with Crippen LogP contribution in [0.1, 0.15) is 0 Å². The molecule has 2 aromatic heterocycles. The lowest BCUT2D eigenvalue weighted by atomic mass is 10.3. The lowest BCUT2D eigenvalue weighted by molar-refractivity contribution is 0.344. The number of para-hydroxylation sites is 1. The van der Waals surface area contributed by atoms with E-state index in [0.717, 1.165) is 22.3 Å². The molecule has 0 bridgehead atoms. The lowest BCUT2D eigenvalue weighted by Crippen LogP contribution is -2.02. The number of methoxy groups -OCH3 is 1. The van der Waals surface area contributed by atoms with Crippen LogP contribution in [-0.2, 0) is 0 Å². The lowest BCUT2D eigenvalue weighted by Gasteiger charge is -2.07. The Morgan fingerprint density at radius 3 is 2.74 bits per heavy atom. The van der Waals surface area contributed by atoms with E-state index >= 15 is 0 Å². The molecule has 0 aliphatic rings. The molecule has 7 heteroatoms. The van der Waals surface area contributed by atoms with E-state index in [1.54, 1.807) is 31.4 Å². The first-order valence-electron chi connectivity index (χ1n) is 7.08. The average molecular weight is 328 g/mol. The number of ether oxygens (including phenoxy) is 2. The first-order chi connectivity index (χ1) is 11.4. The summed E-state index contributed by atoms with van der Waals surface area (Å²) < 4.78 is 12.6. The fourth-order valence-electron chi connectivity index (χ4n) is 1.94. The second-order valence-corrected chi connectivity index (χ2v) is 5.61. The molecule has 0 aliphatic carbocycles. The Morgan fingerprint density at radius 2 is 2.00 bits per heavy atom. The molecule has 3 aromatic rings. The standard InChI is InChI=1S/C16H16N4O2S/c1-21-15-8-7-13(11-17-15)20-12-18-19-16(20)23-10-9-22-14-5-3-2-4-6-14/h2-8,11-12H,9-10H2,1H3. The molecular formula is C16H16N4O2S. The molecular weight excluding hydrogens is 312 g/mol. The van der Waals surface area contributed by atoms with E-state index in [4.69, 9.17) is 9.47 Å². The van der Waals surface area contributed by atoms with E-state index in [9.17, 15) is 0 Å². The fourth-order valence-corrected chi connectivity index (χ4v) is 2.69. The maximum Gasteiger partial charge on any atom is 0.213 e. The van der Waals surface area contributed by atoms with Crippen molar-refractivity contribution in [1.29, 1.82) is 0 Å². The van der Waals surface area contributed by atoms with Crippen molar-refractivity contribution >= 4 is 11.8 Å². The predicted molar refractivity (Wildman–Crippen MR) is 88.4 cm³/mol. The van der Waals surface area contributed by atoms with E-state index < -0.39 is 0 Å². The molecule has 0 aliphatic heterocycles. The van der Waals surface area contributed by atoms with Gasteiger partial charge in [-0.25, -0.2) is 4.98 Å². The van der Waals surface area contributed by atoms with Crippen LogP contribution in [0.3, 0.4) is 0 Å². The highest BCUT2D eigenvalue weighted by atomic mass is 32.2. The quantitative estimate of drug-likeness (QED) is 0.491. The molecule has 2 heterocycles. The zero-order valence-electron chi connectivity index (χ0n) is 12.6. The monoisotopic (exact) mass is 328 g/mol. The van der Waals surface area contributed by atoms with Crippen LogP contribution in [0.15, 0.2) is 60.1 Å². The fraction of sp³-hybridized carbons (Fsp3) is 0.188. The average Bonchev–Trinajstić information content (AvgIpc) is 3.08. The van der Waals surface area contributed by atoms with E-state index in [-0.39, 0.29) is 0 Å². The van der Waals surface area contributed by atoms with Gasteiger partial charge in [0.25, 0.3) is 0 Å². The first kappa shape index (κ1) is 15.4. The molecule has 0 unspecified atom stereocenters. The number of aromatic nitrogens is 4. The van der Waals surface area contributed by atoms with Crippen LogP contribution < -0.4 is 9.47 Å². The van der Waals surface area contributed by atoms with E-state index in [1.165, 1.54) is 0 Å². The molecule has 6 nitrogen and oxygen atoms in total. The third-order valence-corrected chi connectivity index (χ3v) is 3.96. The van der Waals surface area contributed by atoms with Crippen LogP contribution in [0.5, 0.6) is 11.6 Å². The van der Waals surface area contributed by atoms with Gasteiger partial charge in [-0.15, -0.1) is 10.2 Å². The summed E-state index contributed by atoms with van der Waals surface area (Å²) in [6.07, 6.45) is 3.40. The van der Waals surface area contributed by atoms with Gasteiger partial charge in [-0.05, 0) is 18.2 Å². The summed E-state index contributed by atoms with van der Waals surface area (Å²) in [5.74, 6) is 2.22. The van der Waals surface area contributed by atoms with Crippen molar-refractivity contribution in [3.63, 3.8) is 0 Å². The highest BCUT2D eigenvalue weighted by Gasteiger charge is 2.08. The van der Waals surface area contributed by atoms with Gasteiger partial charge in [-0.1, -0.05) is 30.0 Å². The molecule has 3 rings (SSSR count). The molecule has 0 atom stereocenters. The van der Waals surface area contributed by atoms with Gasteiger partial charge in [0, 0.05) is 11.8 Å². The highest BCUT2D eigenvalue weighted by Crippen LogP contribution is 2.20. The third-order valence-electron chi connectivity index (χ3n) is 3.05. The van der Waals surface area contributed by atoms with Crippen LogP contribution in [0.2, 0.25) is 0 Å². The molecule has 0 amide bonds. The van der Waals surface area contributed by atoms with Gasteiger partial charge in [0.15, 0.2) is 5.16 Å². The molecule has 0 saturated carbocycles. The van der Waals surface area contributed by atoms with E-state index in [1.807, 2.05) is 47.0 Å².